The quantitative estimate of drug-likeness (QED) is 0.499. The minimum Gasteiger partial charge on any atom is -0.329 e. The van der Waals surface area contributed by atoms with Crippen LogP contribution in [0.25, 0.3) is 16.6 Å². The molecule has 1 aromatic heterocycles. The van der Waals surface area contributed by atoms with Crippen molar-refractivity contribution in [2.75, 3.05) is 5.32 Å². The van der Waals surface area contributed by atoms with E-state index in [4.69, 9.17) is 0 Å². The molecule has 156 valence electrons. The molecule has 0 atom stereocenters. The fourth-order valence-corrected chi connectivity index (χ4v) is 2.61. The molecule has 2 aromatic carbocycles. The fourth-order valence-electron chi connectivity index (χ4n) is 2.61. The Hall–Kier alpha value is -3.15. The van der Waals surface area contributed by atoms with E-state index < -0.39 is 5.54 Å². The summed E-state index contributed by atoms with van der Waals surface area (Å²) in [5.74, 6) is 0. The fraction of sp³-hybridized carbons (Fsp3) is 0.348. The van der Waals surface area contributed by atoms with Crippen molar-refractivity contribution in [2.24, 2.45) is 0 Å². The van der Waals surface area contributed by atoms with Crippen molar-refractivity contribution < 1.29 is 4.79 Å². The number of hydrogen-bond donors (Lipinski definition) is 3. The van der Waals surface area contributed by atoms with Gasteiger partial charge in [-0.15, -0.1) is 0 Å². The first-order chi connectivity index (χ1) is 13.8. The molecular formula is C23H33N5O. The summed E-state index contributed by atoms with van der Waals surface area (Å²) in [5, 5.41) is 16.4. The number of aromatic amines is 1. The van der Waals surface area contributed by atoms with Crippen molar-refractivity contribution in [3.63, 3.8) is 0 Å². The number of allylic oxidation sites excluding steroid dienone is 1. The molecule has 0 fully saturated rings. The number of aromatic nitrogens is 3. The third-order valence-corrected chi connectivity index (χ3v) is 4.08. The third kappa shape index (κ3) is 6.45. The number of H-pyrrole nitrogens is 1. The Morgan fingerprint density at radius 1 is 1.00 bits per heavy atom. The number of rotatable bonds is 4. The number of nitrogens with one attached hydrogen (secondary N) is 3. The van der Waals surface area contributed by atoms with E-state index >= 15 is 0 Å². The molecule has 0 unspecified atom stereocenters. The zero-order chi connectivity index (χ0) is 22.0. The number of carbonyl (C=O) groups is 1. The Labute approximate surface area is 173 Å². The number of nitrogens with zero attached hydrogens (tertiary/aromatic N) is 2. The van der Waals surface area contributed by atoms with Crippen molar-refractivity contribution in [2.45, 2.75) is 54.0 Å². The van der Waals surface area contributed by atoms with Gasteiger partial charge in [-0.25, -0.2) is 4.79 Å². The van der Waals surface area contributed by atoms with Crippen LogP contribution in [0.15, 0.2) is 49.0 Å². The maximum absolute atomic E-state index is 12.4. The predicted molar refractivity (Wildman–Crippen MR) is 123 cm³/mol. The molecule has 0 saturated carbocycles. The average molecular weight is 396 g/mol. The largest absolute Gasteiger partial charge is 0.329 e. The SMILES string of the molecule is C=C(C)c1cccc(C(C)(C)NC(=O)Nc2ccc3n[nH]nc3c2)c1.CC.CC. The Morgan fingerprint density at radius 2 is 1.66 bits per heavy atom. The molecule has 0 spiro atoms. The van der Waals surface area contributed by atoms with Crippen LogP contribution < -0.4 is 10.6 Å². The first kappa shape index (κ1) is 23.9. The van der Waals surface area contributed by atoms with Crippen LogP contribution >= 0.6 is 0 Å². The molecule has 0 radical (unpaired) electrons. The standard InChI is InChI=1S/C19H21N5O.2C2H6/c1-12(2)13-6-5-7-14(10-13)19(3,4)21-18(25)20-15-8-9-16-17(11-15)23-24-22-16;2*1-2/h5-11H,1H2,2-4H3,(H2,20,21,25)(H,22,23,24);2*1-2H3. The monoisotopic (exact) mass is 395 g/mol. The highest BCUT2D eigenvalue weighted by Gasteiger charge is 2.23. The Kier molecular flexibility index (Phi) is 9.06. The van der Waals surface area contributed by atoms with Crippen LogP contribution in [0.4, 0.5) is 10.5 Å². The lowest BCUT2D eigenvalue weighted by Gasteiger charge is -2.27. The van der Waals surface area contributed by atoms with Crippen LogP contribution in [0.3, 0.4) is 0 Å². The van der Waals surface area contributed by atoms with Gasteiger partial charge < -0.3 is 10.6 Å². The summed E-state index contributed by atoms with van der Waals surface area (Å²) in [5.41, 5.74) is 4.63. The highest BCUT2D eigenvalue weighted by molar-refractivity contribution is 5.92. The van der Waals surface area contributed by atoms with Crippen LogP contribution in [0, 0.1) is 0 Å². The number of anilines is 1. The van der Waals surface area contributed by atoms with Gasteiger partial charge in [-0.05, 0) is 56.2 Å². The third-order valence-electron chi connectivity index (χ3n) is 4.08. The van der Waals surface area contributed by atoms with Crippen molar-refractivity contribution in [3.8, 4) is 0 Å². The summed E-state index contributed by atoms with van der Waals surface area (Å²) < 4.78 is 0. The number of urea groups is 1. The molecule has 6 nitrogen and oxygen atoms in total. The molecule has 0 aliphatic rings. The summed E-state index contributed by atoms with van der Waals surface area (Å²) >= 11 is 0. The molecule has 29 heavy (non-hydrogen) atoms. The number of fused-ring (bicyclic) bond motifs is 1. The molecule has 2 amide bonds. The maximum Gasteiger partial charge on any atom is 0.319 e. The summed E-state index contributed by atoms with van der Waals surface area (Å²) in [6, 6.07) is 13.1. The van der Waals surface area contributed by atoms with E-state index in [1.54, 1.807) is 18.2 Å². The number of benzene rings is 2. The van der Waals surface area contributed by atoms with Crippen molar-refractivity contribution in [1.82, 2.24) is 20.7 Å². The second kappa shape index (κ2) is 11.0. The molecule has 6 heteroatoms. The van der Waals surface area contributed by atoms with Crippen LogP contribution in [0.1, 0.15) is 59.6 Å². The molecule has 0 saturated heterocycles. The molecule has 0 aliphatic carbocycles. The van der Waals surface area contributed by atoms with E-state index in [2.05, 4.69) is 32.6 Å². The zero-order valence-electron chi connectivity index (χ0n) is 18.6. The lowest BCUT2D eigenvalue weighted by atomic mass is 9.92. The van der Waals surface area contributed by atoms with Crippen LogP contribution in [-0.4, -0.2) is 21.4 Å². The summed E-state index contributed by atoms with van der Waals surface area (Å²) in [6.07, 6.45) is 0. The molecule has 3 rings (SSSR count). The second-order valence-electron chi connectivity index (χ2n) is 6.59. The van der Waals surface area contributed by atoms with Gasteiger partial charge in [-0.2, -0.15) is 15.4 Å². The van der Waals surface area contributed by atoms with E-state index in [0.717, 1.165) is 22.2 Å². The van der Waals surface area contributed by atoms with E-state index in [-0.39, 0.29) is 6.03 Å². The van der Waals surface area contributed by atoms with Crippen LogP contribution in [0.2, 0.25) is 0 Å². The topological polar surface area (TPSA) is 82.7 Å². The molecule has 3 aromatic rings. The smallest absolute Gasteiger partial charge is 0.319 e. The van der Waals surface area contributed by atoms with Gasteiger partial charge in [0.25, 0.3) is 0 Å². The van der Waals surface area contributed by atoms with Gasteiger partial charge >= 0.3 is 6.03 Å². The van der Waals surface area contributed by atoms with Crippen LogP contribution in [0.5, 0.6) is 0 Å². The van der Waals surface area contributed by atoms with Gasteiger partial charge in [0.1, 0.15) is 11.0 Å². The van der Waals surface area contributed by atoms with Gasteiger partial charge in [-0.3, -0.25) is 0 Å². The minimum atomic E-state index is -0.534. The van der Waals surface area contributed by atoms with Crippen molar-refractivity contribution >= 4 is 28.3 Å². The minimum absolute atomic E-state index is 0.284. The normalized spacial score (nSPS) is 10.2. The van der Waals surface area contributed by atoms with Crippen LogP contribution in [-0.2, 0) is 5.54 Å². The zero-order valence-corrected chi connectivity index (χ0v) is 18.6. The Bertz CT molecular complexity index is 943. The number of hydrogen-bond acceptors (Lipinski definition) is 3. The first-order valence-electron chi connectivity index (χ1n) is 10.0. The average Bonchev–Trinajstić information content (AvgIpc) is 3.18. The predicted octanol–water partition coefficient (Wildman–Crippen LogP) is 6.10. The molecule has 0 aliphatic heterocycles. The first-order valence-corrected chi connectivity index (χ1v) is 10.0. The molecule has 3 N–H and O–H groups in total. The van der Waals surface area contributed by atoms with E-state index in [9.17, 15) is 4.79 Å². The van der Waals surface area contributed by atoms with Gasteiger partial charge in [0.2, 0.25) is 0 Å². The molecular weight excluding hydrogens is 362 g/mol. The van der Waals surface area contributed by atoms with E-state index in [0.29, 0.717) is 11.2 Å². The molecule has 1 heterocycles. The van der Waals surface area contributed by atoms with E-state index in [1.165, 1.54) is 0 Å². The highest BCUT2D eigenvalue weighted by atomic mass is 16.2. The van der Waals surface area contributed by atoms with Crippen molar-refractivity contribution in [1.29, 1.82) is 0 Å². The Balaban J connectivity index is 0.000000989. The van der Waals surface area contributed by atoms with Gasteiger partial charge in [-0.1, -0.05) is 58.0 Å². The lowest BCUT2D eigenvalue weighted by Crippen LogP contribution is -2.43. The second-order valence-corrected chi connectivity index (χ2v) is 6.59. The van der Waals surface area contributed by atoms with Gasteiger partial charge in [0.15, 0.2) is 0 Å². The number of carbonyl (C=O) groups excluding carboxylic acids is 1. The maximum atomic E-state index is 12.4. The van der Waals surface area contributed by atoms with Crippen molar-refractivity contribution in [3.05, 3.63) is 60.2 Å². The van der Waals surface area contributed by atoms with Gasteiger partial charge in [0, 0.05) is 5.69 Å². The Morgan fingerprint density at radius 3 is 2.31 bits per heavy atom. The molecule has 0 bridgehead atoms. The van der Waals surface area contributed by atoms with E-state index in [1.807, 2.05) is 72.7 Å². The lowest BCUT2D eigenvalue weighted by molar-refractivity contribution is 0.242. The summed E-state index contributed by atoms with van der Waals surface area (Å²) in [6.45, 7) is 17.9. The highest BCUT2D eigenvalue weighted by Crippen LogP contribution is 2.24. The summed E-state index contributed by atoms with van der Waals surface area (Å²) in [4.78, 5) is 12.4. The summed E-state index contributed by atoms with van der Waals surface area (Å²) in [7, 11) is 0. The van der Waals surface area contributed by atoms with Gasteiger partial charge in [0.05, 0.1) is 5.54 Å². The number of amides is 2.